The average molecular weight is 569 g/mol. The van der Waals surface area contributed by atoms with Gasteiger partial charge in [0.2, 0.25) is 0 Å². The summed E-state index contributed by atoms with van der Waals surface area (Å²) in [5, 5.41) is 0. The van der Waals surface area contributed by atoms with Crippen LogP contribution in [0.25, 0.3) is 0 Å². The summed E-state index contributed by atoms with van der Waals surface area (Å²) >= 11 is 0. The number of hydrogen-bond donors (Lipinski definition) is 0. The van der Waals surface area contributed by atoms with Crippen molar-refractivity contribution in [3.63, 3.8) is 0 Å². The molecule has 6 nitrogen and oxygen atoms in total. The third kappa shape index (κ3) is 4.13. The van der Waals surface area contributed by atoms with Crippen LogP contribution in [0.2, 0.25) is 0 Å². The summed E-state index contributed by atoms with van der Waals surface area (Å²) in [6, 6.07) is 0. The average Bonchev–Trinajstić information content (AvgIpc) is 3.34. The number of carbonyl (C=O) groups excluding carboxylic acids is 2. The highest BCUT2D eigenvalue weighted by Gasteiger charge is 2.69. The van der Waals surface area contributed by atoms with Gasteiger partial charge in [-0.05, 0) is 100 Å². The molecule has 4 aliphatic carbocycles. The maximum Gasteiger partial charge on any atom is 0.302 e. The highest BCUT2D eigenvalue weighted by molar-refractivity contribution is 5.95. The van der Waals surface area contributed by atoms with Crippen LogP contribution in [0.4, 0.5) is 0 Å². The fourth-order valence-corrected chi connectivity index (χ4v) is 11.0. The fourth-order valence-electron chi connectivity index (χ4n) is 11.0. The predicted molar refractivity (Wildman–Crippen MR) is 157 cm³/mol. The zero-order valence-corrected chi connectivity index (χ0v) is 27.0. The summed E-state index contributed by atoms with van der Waals surface area (Å²) in [4.78, 5) is 25.7. The molecular formula is C35H52O6. The Morgan fingerprint density at radius 3 is 2.37 bits per heavy atom. The molecule has 4 fully saturated rings. The van der Waals surface area contributed by atoms with Crippen molar-refractivity contribution in [3.05, 3.63) is 23.8 Å². The molecule has 0 amide bonds. The van der Waals surface area contributed by atoms with Crippen molar-refractivity contribution < 1.29 is 28.5 Å². The van der Waals surface area contributed by atoms with E-state index in [9.17, 15) is 9.59 Å². The first-order valence-electron chi connectivity index (χ1n) is 16.0. The van der Waals surface area contributed by atoms with E-state index in [1.54, 1.807) is 0 Å². The van der Waals surface area contributed by atoms with Gasteiger partial charge in [-0.1, -0.05) is 52.3 Å². The molecule has 0 radical (unpaired) electrons. The summed E-state index contributed by atoms with van der Waals surface area (Å²) < 4.78 is 25.8. The van der Waals surface area contributed by atoms with Gasteiger partial charge in [-0.25, -0.2) is 0 Å². The Morgan fingerprint density at radius 1 is 0.976 bits per heavy atom. The van der Waals surface area contributed by atoms with Crippen molar-refractivity contribution in [2.45, 2.75) is 131 Å². The monoisotopic (exact) mass is 568 g/mol. The lowest BCUT2D eigenvalue weighted by atomic mass is 9.38. The van der Waals surface area contributed by atoms with E-state index in [0.717, 1.165) is 25.7 Å². The zero-order chi connectivity index (χ0) is 30.0. The highest BCUT2D eigenvalue weighted by Crippen LogP contribution is 2.72. The Bertz CT molecular complexity index is 1190. The normalized spacial score (nSPS) is 49.2. The largest absolute Gasteiger partial charge is 0.462 e. The summed E-state index contributed by atoms with van der Waals surface area (Å²) in [5.41, 5.74) is 0.0774. The lowest BCUT2D eigenvalue weighted by molar-refractivity contribution is -0.191. The summed E-state index contributed by atoms with van der Waals surface area (Å²) in [5.74, 6) is 0.492. The topological polar surface area (TPSA) is 71.1 Å². The Balaban J connectivity index is 1.36. The van der Waals surface area contributed by atoms with Gasteiger partial charge in [-0.2, -0.15) is 0 Å². The van der Waals surface area contributed by atoms with E-state index in [2.05, 4.69) is 60.6 Å². The van der Waals surface area contributed by atoms with Crippen LogP contribution in [0.5, 0.6) is 0 Å². The molecule has 0 spiro atoms. The first-order chi connectivity index (χ1) is 18.9. The first kappa shape index (κ1) is 29.6. The molecule has 10 atom stereocenters. The molecule has 0 unspecified atom stereocenters. The maximum absolute atomic E-state index is 13.1. The van der Waals surface area contributed by atoms with Crippen LogP contribution in [0.3, 0.4) is 0 Å². The van der Waals surface area contributed by atoms with E-state index in [0.29, 0.717) is 24.9 Å². The molecule has 2 saturated carbocycles. The second kappa shape index (κ2) is 9.01. The van der Waals surface area contributed by atoms with Crippen molar-refractivity contribution in [2.75, 3.05) is 6.61 Å². The van der Waals surface area contributed by atoms with Crippen LogP contribution in [-0.4, -0.2) is 48.1 Å². The van der Waals surface area contributed by atoms with Crippen molar-refractivity contribution >= 4 is 11.8 Å². The van der Waals surface area contributed by atoms with Gasteiger partial charge in [0.15, 0.2) is 11.6 Å². The minimum absolute atomic E-state index is 0.00219. The first-order valence-corrected chi connectivity index (χ1v) is 16.0. The number of hydrogen-bond acceptors (Lipinski definition) is 6. The quantitative estimate of drug-likeness (QED) is 0.269. The van der Waals surface area contributed by atoms with E-state index in [-0.39, 0.29) is 58.1 Å². The van der Waals surface area contributed by atoms with Gasteiger partial charge in [-0.3, -0.25) is 9.59 Å². The van der Waals surface area contributed by atoms with Gasteiger partial charge in [0.05, 0.1) is 18.3 Å². The summed E-state index contributed by atoms with van der Waals surface area (Å²) in [6.45, 7) is 21.9. The second-order valence-electron chi connectivity index (χ2n) is 16.4. The van der Waals surface area contributed by atoms with Crippen LogP contribution < -0.4 is 0 Å². The molecule has 0 aromatic heterocycles. The fraction of sp³-hybridized carbons (Fsp3) is 0.829. The lowest BCUT2D eigenvalue weighted by Gasteiger charge is -2.66. The lowest BCUT2D eigenvalue weighted by Crippen LogP contribution is -2.64. The predicted octanol–water partition coefficient (Wildman–Crippen LogP) is 6.81. The van der Waals surface area contributed by atoms with Gasteiger partial charge in [-0.15, -0.1) is 0 Å². The van der Waals surface area contributed by atoms with E-state index in [1.807, 2.05) is 19.9 Å². The zero-order valence-electron chi connectivity index (χ0n) is 27.0. The van der Waals surface area contributed by atoms with Gasteiger partial charge >= 0.3 is 5.97 Å². The van der Waals surface area contributed by atoms with Gasteiger partial charge in [0.25, 0.3) is 0 Å². The number of ketones is 1. The smallest absolute Gasteiger partial charge is 0.302 e. The van der Waals surface area contributed by atoms with Crippen LogP contribution in [0.15, 0.2) is 23.8 Å². The van der Waals surface area contributed by atoms with Crippen molar-refractivity contribution in [1.82, 2.24) is 0 Å². The Labute approximate surface area is 247 Å². The molecule has 2 heterocycles. The molecule has 6 heteroatoms. The van der Waals surface area contributed by atoms with Crippen molar-refractivity contribution in [3.8, 4) is 0 Å². The van der Waals surface area contributed by atoms with Gasteiger partial charge < -0.3 is 18.9 Å². The minimum Gasteiger partial charge on any atom is -0.462 e. The van der Waals surface area contributed by atoms with Crippen LogP contribution in [-0.2, 0) is 28.5 Å². The van der Waals surface area contributed by atoms with E-state index < -0.39 is 16.8 Å². The maximum atomic E-state index is 13.1. The minimum atomic E-state index is -0.611. The Hall–Kier alpha value is -1.50. The van der Waals surface area contributed by atoms with Crippen LogP contribution in [0.1, 0.15) is 101 Å². The number of carbonyl (C=O) groups is 2. The van der Waals surface area contributed by atoms with E-state index >= 15 is 0 Å². The van der Waals surface area contributed by atoms with Crippen molar-refractivity contribution in [1.29, 1.82) is 0 Å². The number of esters is 1. The van der Waals surface area contributed by atoms with Crippen LogP contribution in [0, 0.1) is 45.3 Å². The number of fused-ring (bicyclic) bond motifs is 6. The molecule has 2 aliphatic heterocycles. The SMILES string of the molecule is CC(=O)O[C@@H]1C[C@H]2C(C)(C)C(=O)C=C[C@]2(C)[C@H]2CC[C@]3(C)C(=CC[C@H]3[C@H]3COC(C)(C)[C@H]4OC(C)(C)O[C@@H]4C3)[C@@]21C. The molecule has 2 saturated heterocycles. The molecule has 228 valence electrons. The second-order valence-corrected chi connectivity index (χ2v) is 16.4. The third-order valence-corrected chi connectivity index (χ3v) is 12.9. The Kier molecular flexibility index (Phi) is 6.50. The van der Waals surface area contributed by atoms with E-state index in [4.69, 9.17) is 18.9 Å². The van der Waals surface area contributed by atoms with Crippen LogP contribution >= 0.6 is 0 Å². The number of allylic oxidation sites excluding steroid dienone is 3. The summed E-state index contributed by atoms with van der Waals surface area (Å²) in [6.07, 6.45) is 11.0. The third-order valence-electron chi connectivity index (χ3n) is 12.9. The number of ether oxygens (including phenoxy) is 4. The van der Waals surface area contributed by atoms with E-state index in [1.165, 1.54) is 12.5 Å². The molecule has 0 aromatic rings. The summed E-state index contributed by atoms with van der Waals surface area (Å²) in [7, 11) is 0. The molecule has 0 aromatic carbocycles. The van der Waals surface area contributed by atoms with Gasteiger partial charge in [0, 0.05) is 17.8 Å². The highest BCUT2D eigenvalue weighted by atomic mass is 16.8. The standard InChI is InChI=1S/C35H52O6/c1-20(36)39-28-18-26-30(2,3)27(37)14-16-34(26,9)25-13-15-33(8)22(11-12-24(33)35(25,28)10)21-17-23-29(31(4,5)38-19-21)41-32(6,7)40-23/h12,14,16,21-23,25-26,28-29H,11,13,15,17-19H2,1-10H3/t21-,22+,23-,25-,26+,28-,29+,33+,34-,35+/m1/s1. The number of rotatable bonds is 2. The molecule has 41 heavy (non-hydrogen) atoms. The molecule has 6 aliphatic rings. The molecule has 0 N–H and O–H groups in total. The van der Waals surface area contributed by atoms with Gasteiger partial charge in [0.1, 0.15) is 12.2 Å². The molecule has 0 bridgehead atoms. The molecular weight excluding hydrogens is 516 g/mol. The Morgan fingerprint density at radius 2 is 1.68 bits per heavy atom. The molecule has 6 rings (SSSR count). The van der Waals surface area contributed by atoms with Crippen molar-refractivity contribution in [2.24, 2.45) is 45.3 Å².